The minimum atomic E-state index is 0.00385. The molecule has 3 rings (SSSR count). The van der Waals surface area contributed by atoms with Gasteiger partial charge in [0.25, 0.3) is 0 Å². The zero-order valence-electron chi connectivity index (χ0n) is 13.0. The number of carbonyl (C=O) groups excluding carboxylic acids is 1. The number of carbonyl (C=O) groups is 1. The van der Waals surface area contributed by atoms with E-state index in [-0.39, 0.29) is 5.91 Å². The van der Waals surface area contributed by atoms with E-state index in [4.69, 9.17) is 4.74 Å². The molecular formula is C18H24N2O2. The second kappa shape index (κ2) is 7.45. The fraction of sp³-hybridized carbons (Fsp3) is 0.500. The molecule has 4 heteroatoms. The highest BCUT2D eigenvalue weighted by molar-refractivity contribution is 5.91. The Labute approximate surface area is 132 Å². The molecule has 1 saturated heterocycles. The third kappa shape index (κ3) is 4.10. The van der Waals surface area contributed by atoms with Crippen LogP contribution in [0.2, 0.25) is 0 Å². The van der Waals surface area contributed by atoms with E-state index in [1.54, 1.807) is 6.08 Å². The molecule has 0 unspecified atom stereocenters. The van der Waals surface area contributed by atoms with E-state index in [9.17, 15) is 4.79 Å². The van der Waals surface area contributed by atoms with Gasteiger partial charge in [-0.1, -0.05) is 18.6 Å². The number of ether oxygens (including phenoxy) is 1. The molecule has 1 N–H and O–H groups in total. The van der Waals surface area contributed by atoms with Crippen molar-refractivity contribution in [1.29, 1.82) is 0 Å². The van der Waals surface area contributed by atoms with Crippen molar-refractivity contribution in [3.05, 3.63) is 35.9 Å². The third-order valence-electron chi connectivity index (χ3n) is 4.49. The van der Waals surface area contributed by atoms with Gasteiger partial charge in [-0.3, -0.25) is 4.79 Å². The highest BCUT2D eigenvalue weighted by Crippen LogP contribution is 2.25. The lowest BCUT2D eigenvalue weighted by atomic mass is 9.85. The van der Waals surface area contributed by atoms with Gasteiger partial charge < -0.3 is 15.0 Å². The number of morpholine rings is 1. The van der Waals surface area contributed by atoms with Crippen molar-refractivity contribution in [3.63, 3.8) is 0 Å². The van der Waals surface area contributed by atoms with Crippen LogP contribution in [0.5, 0.6) is 0 Å². The van der Waals surface area contributed by atoms with Gasteiger partial charge in [0.1, 0.15) is 0 Å². The highest BCUT2D eigenvalue weighted by Gasteiger charge is 2.17. The molecule has 118 valence electrons. The second-order valence-electron chi connectivity index (χ2n) is 6.07. The summed E-state index contributed by atoms with van der Waals surface area (Å²) in [6.45, 7) is 4.29. The number of amides is 1. The Hall–Kier alpha value is -1.81. The number of anilines is 1. The van der Waals surface area contributed by atoms with Crippen LogP contribution < -0.4 is 10.2 Å². The maximum Gasteiger partial charge on any atom is 0.244 e. The molecule has 1 aliphatic carbocycles. The van der Waals surface area contributed by atoms with Gasteiger partial charge in [-0.2, -0.15) is 0 Å². The van der Waals surface area contributed by atoms with Crippen molar-refractivity contribution in [2.45, 2.75) is 19.3 Å². The van der Waals surface area contributed by atoms with Crippen LogP contribution in [0, 0.1) is 5.92 Å². The Morgan fingerprint density at radius 2 is 1.95 bits per heavy atom. The van der Waals surface area contributed by atoms with Gasteiger partial charge in [0.2, 0.25) is 5.91 Å². The van der Waals surface area contributed by atoms with E-state index in [1.165, 1.54) is 24.9 Å². The lowest BCUT2D eigenvalue weighted by molar-refractivity contribution is -0.116. The summed E-state index contributed by atoms with van der Waals surface area (Å²) < 4.78 is 5.36. The van der Waals surface area contributed by atoms with E-state index in [0.717, 1.165) is 38.4 Å². The molecule has 1 saturated carbocycles. The summed E-state index contributed by atoms with van der Waals surface area (Å²) in [6.07, 6.45) is 7.33. The molecule has 1 heterocycles. The van der Waals surface area contributed by atoms with Gasteiger partial charge in [-0.05, 0) is 42.5 Å². The van der Waals surface area contributed by atoms with Gasteiger partial charge in [-0.25, -0.2) is 0 Å². The number of hydrogen-bond donors (Lipinski definition) is 1. The summed E-state index contributed by atoms with van der Waals surface area (Å²) in [5, 5.41) is 2.97. The first-order valence-corrected chi connectivity index (χ1v) is 8.20. The maximum absolute atomic E-state index is 11.8. The van der Waals surface area contributed by atoms with Gasteiger partial charge >= 0.3 is 0 Å². The highest BCUT2D eigenvalue weighted by atomic mass is 16.5. The molecule has 1 aliphatic heterocycles. The predicted molar refractivity (Wildman–Crippen MR) is 88.9 cm³/mol. The fourth-order valence-electron chi connectivity index (χ4n) is 2.79. The Balaban J connectivity index is 1.49. The molecule has 4 nitrogen and oxygen atoms in total. The van der Waals surface area contributed by atoms with Crippen LogP contribution in [0.25, 0.3) is 6.08 Å². The summed E-state index contributed by atoms with van der Waals surface area (Å²) in [4.78, 5) is 14.1. The molecular weight excluding hydrogens is 276 g/mol. The van der Waals surface area contributed by atoms with Crippen molar-refractivity contribution < 1.29 is 9.53 Å². The first kappa shape index (κ1) is 15.1. The molecule has 22 heavy (non-hydrogen) atoms. The molecule has 1 aromatic rings. The van der Waals surface area contributed by atoms with Crippen LogP contribution in [0.1, 0.15) is 24.8 Å². The number of benzene rings is 1. The summed E-state index contributed by atoms with van der Waals surface area (Å²) in [5.41, 5.74) is 2.27. The minimum absolute atomic E-state index is 0.00385. The van der Waals surface area contributed by atoms with E-state index in [0.29, 0.717) is 5.92 Å². The van der Waals surface area contributed by atoms with E-state index in [2.05, 4.69) is 34.5 Å². The maximum atomic E-state index is 11.8. The fourth-order valence-corrected chi connectivity index (χ4v) is 2.79. The predicted octanol–water partition coefficient (Wildman–Crippen LogP) is 2.45. The van der Waals surface area contributed by atoms with Gasteiger partial charge in [-0.15, -0.1) is 0 Å². The summed E-state index contributed by atoms with van der Waals surface area (Å²) >= 11 is 0. The standard InChI is InChI=1S/C18H24N2O2/c21-18(19-14-16-2-1-3-16)9-6-15-4-7-17(8-5-15)20-10-12-22-13-11-20/h4-9,16H,1-3,10-14H2,(H,19,21)/b9-6-. The van der Waals surface area contributed by atoms with Crippen molar-refractivity contribution >= 4 is 17.7 Å². The zero-order valence-corrected chi connectivity index (χ0v) is 13.0. The lowest BCUT2D eigenvalue weighted by Gasteiger charge is -2.28. The van der Waals surface area contributed by atoms with Gasteiger partial charge in [0.15, 0.2) is 0 Å². The van der Waals surface area contributed by atoms with Crippen LogP contribution in [-0.4, -0.2) is 38.8 Å². The Morgan fingerprint density at radius 3 is 2.59 bits per heavy atom. The van der Waals surface area contributed by atoms with Crippen LogP contribution in [0.4, 0.5) is 5.69 Å². The SMILES string of the molecule is O=C(/C=C\c1ccc(N2CCOCC2)cc1)NCC1CCC1. The summed E-state index contributed by atoms with van der Waals surface area (Å²) in [6, 6.07) is 8.33. The number of nitrogens with zero attached hydrogens (tertiary/aromatic N) is 1. The largest absolute Gasteiger partial charge is 0.378 e. The minimum Gasteiger partial charge on any atom is -0.378 e. The Bertz CT molecular complexity index is 514. The zero-order chi connectivity index (χ0) is 15.2. The molecule has 1 amide bonds. The van der Waals surface area contributed by atoms with Crippen molar-refractivity contribution in [3.8, 4) is 0 Å². The van der Waals surface area contributed by atoms with E-state index < -0.39 is 0 Å². The monoisotopic (exact) mass is 300 g/mol. The molecule has 2 fully saturated rings. The summed E-state index contributed by atoms with van der Waals surface area (Å²) in [7, 11) is 0. The second-order valence-corrected chi connectivity index (χ2v) is 6.07. The van der Waals surface area contributed by atoms with Gasteiger partial charge in [0, 0.05) is 31.4 Å². The Morgan fingerprint density at radius 1 is 1.23 bits per heavy atom. The topological polar surface area (TPSA) is 41.6 Å². The number of hydrogen-bond acceptors (Lipinski definition) is 3. The molecule has 2 aliphatic rings. The molecule has 0 spiro atoms. The van der Waals surface area contributed by atoms with Crippen molar-refractivity contribution in [2.24, 2.45) is 5.92 Å². The van der Waals surface area contributed by atoms with Crippen molar-refractivity contribution in [1.82, 2.24) is 5.32 Å². The van der Waals surface area contributed by atoms with E-state index in [1.807, 2.05) is 6.08 Å². The average molecular weight is 300 g/mol. The van der Waals surface area contributed by atoms with Crippen LogP contribution in [0.3, 0.4) is 0 Å². The number of rotatable bonds is 5. The first-order chi connectivity index (χ1) is 10.8. The van der Waals surface area contributed by atoms with E-state index >= 15 is 0 Å². The van der Waals surface area contributed by atoms with Crippen LogP contribution in [0.15, 0.2) is 30.3 Å². The normalized spacial score (nSPS) is 19.2. The Kier molecular flexibility index (Phi) is 5.11. The lowest BCUT2D eigenvalue weighted by Crippen LogP contribution is -2.36. The average Bonchev–Trinajstić information content (AvgIpc) is 2.53. The quantitative estimate of drug-likeness (QED) is 0.849. The molecule has 1 aromatic carbocycles. The third-order valence-corrected chi connectivity index (χ3v) is 4.49. The van der Waals surface area contributed by atoms with Gasteiger partial charge in [0.05, 0.1) is 13.2 Å². The number of nitrogens with one attached hydrogen (secondary N) is 1. The van der Waals surface area contributed by atoms with Crippen molar-refractivity contribution in [2.75, 3.05) is 37.7 Å². The molecule has 0 radical (unpaired) electrons. The molecule has 0 bridgehead atoms. The van der Waals surface area contributed by atoms with Crippen LogP contribution in [-0.2, 0) is 9.53 Å². The van der Waals surface area contributed by atoms with Crippen LogP contribution >= 0.6 is 0 Å². The smallest absolute Gasteiger partial charge is 0.244 e. The molecule has 0 aromatic heterocycles. The first-order valence-electron chi connectivity index (χ1n) is 8.20. The molecule has 0 atom stereocenters. The summed E-state index contributed by atoms with van der Waals surface area (Å²) in [5.74, 6) is 0.703.